The van der Waals surface area contributed by atoms with E-state index in [-0.39, 0.29) is 5.78 Å². The van der Waals surface area contributed by atoms with Gasteiger partial charge in [0, 0.05) is 16.1 Å². The maximum atomic E-state index is 11.3. The van der Waals surface area contributed by atoms with Crippen LogP contribution in [0.25, 0.3) is 0 Å². The number of nitrogen functional groups attached to an aromatic ring is 1. The summed E-state index contributed by atoms with van der Waals surface area (Å²) in [6.07, 6.45) is 0. The molecule has 0 saturated carbocycles. The Hall–Kier alpha value is -1.00. The van der Waals surface area contributed by atoms with Crippen molar-refractivity contribution in [3.05, 3.63) is 23.8 Å². The van der Waals surface area contributed by atoms with Crippen LogP contribution in [0.5, 0.6) is 0 Å². The molecule has 3 nitrogen and oxygen atoms in total. The number of nitrogens with two attached hydrogens (primary N) is 1. The Morgan fingerprint density at radius 3 is 2.80 bits per heavy atom. The summed E-state index contributed by atoms with van der Waals surface area (Å²) in [6.45, 7) is 3.13. The first-order valence-corrected chi connectivity index (χ1v) is 5.69. The Balaban J connectivity index is 2.17. The Morgan fingerprint density at radius 2 is 2.27 bits per heavy atom. The van der Waals surface area contributed by atoms with Crippen LogP contribution in [0, 0.1) is 0 Å². The quantitative estimate of drug-likeness (QED) is 0.628. The minimum atomic E-state index is 0.0137. The van der Waals surface area contributed by atoms with Gasteiger partial charge in [0.25, 0.3) is 0 Å². The molecule has 0 aliphatic carbocycles. The van der Waals surface area contributed by atoms with Crippen LogP contribution >= 0.6 is 11.8 Å². The zero-order chi connectivity index (χ0) is 10.8. The van der Waals surface area contributed by atoms with Gasteiger partial charge in [-0.15, -0.1) is 11.8 Å². The fourth-order valence-corrected chi connectivity index (χ4v) is 2.43. The molecule has 2 N–H and O–H groups in total. The molecule has 0 aromatic heterocycles. The van der Waals surface area contributed by atoms with E-state index in [0.29, 0.717) is 16.5 Å². The molecule has 0 atom stereocenters. The molecular formula is C11H13NO2S. The first-order chi connectivity index (χ1) is 7.16. The van der Waals surface area contributed by atoms with Gasteiger partial charge in [0.1, 0.15) is 0 Å². The summed E-state index contributed by atoms with van der Waals surface area (Å²) in [6, 6.07) is 5.60. The van der Waals surface area contributed by atoms with E-state index in [1.165, 1.54) is 6.92 Å². The van der Waals surface area contributed by atoms with Crippen molar-refractivity contribution < 1.29 is 9.53 Å². The minimum Gasteiger partial charge on any atom is -0.398 e. The molecule has 0 radical (unpaired) electrons. The van der Waals surface area contributed by atoms with Gasteiger partial charge in [-0.05, 0) is 25.1 Å². The summed E-state index contributed by atoms with van der Waals surface area (Å²) in [7, 11) is 0. The van der Waals surface area contributed by atoms with Gasteiger partial charge in [0.15, 0.2) is 5.78 Å². The lowest BCUT2D eigenvalue weighted by molar-refractivity contribution is 0.0455. The molecule has 1 aliphatic rings. The van der Waals surface area contributed by atoms with Crippen LogP contribution in [0.15, 0.2) is 23.1 Å². The number of anilines is 1. The second-order valence-electron chi connectivity index (χ2n) is 3.58. The lowest BCUT2D eigenvalue weighted by Crippen LogP contribution is -2.30. The second-order valence-corrected chi connectivity index (χ2v) is 4.96. The Kier molecular flexibility index (Phi) is 2.98. The fraction of sp³-hybridized carbons (Fsp3) is 0.364. The predicted octanol–water partition coefficient (Wildman–Crippen LogP) is 1.96. The highest BCUT2D eigenvalue weighted by molar-refractivity contribution is 8.00. The summed E-state index contributed by atoms with van der Waals surface area (Å²) in [5, 5.41) is 0.522. The third-order valence-corrected chi connectivity index (χ3v) is 3.45. The third-order valence-electron chi connectivity index (χ3n) is 2.31. The fourth-order valence-electron chi connectivity index (χ4n) is 1.39. The number of hydrogen-bond donors (Lipinski definition) is 1. The zero-order valence-electron chi connectivity index (χ0n) is 8.53. The molecular weight excluding hydrogens is 210 g/mol. The van der Waals surface area contributed by atoms with Gasteiger partial charge >= 0.3 is 0 Å². The van der Waals surface area contributed by atoms with Crippen LogP contribution in [-0.2, 0) is 4.74 Å². The highest BCUT2D eigenvalue weighted by atomic mass is 32.2. The van der Waals surface area contributed by atoms with Crippen molar-refractivity contribution in [2.75, 3.05) is 18.9 Å². The Labute approximate surface area is 93.0 Å². The number of thioether (sulfide) groups is 1. The number of Topliss-reactive ketones (excluding diaryl/α,β-unsaturated/α-hetero) is 1. The summed E-state index contributed by atoms with van der Waals surface area (Å²) in [5.41, 5.74) is 6.88. The van der Waals surface area contributed by atoms with Crippen molar-refractivity contribution in [2.24, 2.45) is 0 Å². The van der Waals surface area contributed by atoms with Crippen LogP contribution in [0.4, 0.5) is 5.69 Å². The average Bonchev–Trinajstić information content (AvgIpc) is 2.13. The van der Waals surface area contributed by atoms with Crippen molar-refractivity contribution in [3.63, 3.8) is 0 Å². The number of hydrogen-bond acceptors (Lipinski definition) is 4. The van der Waals surface area contributed by atoms with Gasteiger partial charge in [0.05, 0.1) is 18.5 Å². The first kappa shape index (κ1) is 10.5. The Bertz CT molecular complexity index is 388. The zero-order valence-corrected chi connectivity index (χ0v) is 9.34. The summed E-state index contributed by atoms with van der Waals surface area (Å²) < 4.78 is 5.10. The van der Waals surface area contributed by atoms with Crippen LogP contribution in [-0.4, -0.2) is 24.2 Å². The molecule has 15 heavy (non-hydrogen) atoms. The van der Waals surface area contributed by atoms with E-state index in [2.05, 4.69) is 0 Å². The van der Waals surface area contributed by atoms with Crippen LogP contribution in [0.2, 0.25) is 0 Å². The smallest absolute Gasteiger partial charge is 0.161 e. The summed E-state index contributed by atoms with van der Waals surface area (Å²) in [4.78, 5) is 12.4. The molecule has 1 aliphatic heterocycles. The monoisotopic (exact) mass is 223 g/mol. The number of ether oxygens (including phenoxy) is 1. The number of carbonyl (C=O) groups is 1. The highest BCUT2D eigenvalue weighted by Gasteiger charge is 2.20. The molecule has 1 fully saturated rings. The number of carbonyl (C=O) groups excluding carboxylic acids is 1. The van der Waals surface area contributed by atoms with Crippen molar-refractivity contribution in [1.29, 1.82) is 0 Å². The van der Waals surface area contributed by atoms with Gasteiger partial charge in [-0.25, -0.2) is 0 Å². The van der Waals surface area contributed by atoms with Gasteiger partial charge in [-0.3, -0.25) is 4.79 Å². The SMILES string of the molecule is CC(=O)c1cc(SC2COC2)ccc1N. The van der Waals surface area contributed by atoms with Crippen molar-refractivity contribution in [3.8, 4) is 0 Å². The largest absolute Gasteiger partial charge is 0.398 e. The molecule has 4 heteroatoms. The van der Waals surface area contributed by atoms with Gasteiger partial charge in [-0.1, -0.05) is 0 Å². The van der Waals surface area contributed by atoms with E-state index in [0.717, 1.165) is 18.1 Å². The van der Waals surface area contributed by atoms with Gasteiger partial charge in [-0.2, -0.15) is 0 Å². The summed E-state index contributed by atoms with van der Waals surface area (Å²) >= 11 is 1.74. The van der Waals surface area contributed by atoms with Crippen LogP contribution in [0.3, 0.4) is 0 Å². The molecule has 2 rings (SSSR count). The van der Waals surface area contributed by atoms with E-state index in [1.54, 1.807) is 17.8 Å². The number of benzene rings is 1. The number of ketones is 1. The van der Waals surface area contributed by atoms with Crippen molar-refractivity contribution >= 4 is 23.2 Å². The van der Waals surface area contributed by atoms with Crippen molar-refractivity contribution in [2.45, 2.75) is 17.1 Å². The maximum absolute atomic E-state index is 11.3. The lowest BCUT2D eigenvalue weighted by atomic mass is 10.1. The van der Waals surface area contributed by atoms with Crippen molar-refractivity contribution in [1.82, 2.24) is 0 Å². The third kappa shape index (κ3) is 2.33. The van der Waals surface area contributed by atoms with Crippen LogP contribution in [0.1, 0.15) is 17.3 Å². The molecule has 1 aromatic carbocycles. The first-order valence-electron chi connectivity index (χ1n) is 4.81. The standard InChI is InChI=1S/C11H13NO2S/c1-7(13)10-4-8(2-3-11(10)12)15-9-5-14-6-9/h2-4,9H,5-6,12H2,1H3. The topological polar surface area (TPSA) is 52.3 Å². The molecule has 0 spiro atoms. The molecule has 1 saturated heterocycles. The van der Waals surface area contributed by atoms with E-state index < -0.39 is 0 Å². The second kappa shape index (κ2) is 4.24. The maximum Gasteiger partial charge on any atom is 0.161 e. The van der Waals surface area contributed by atoms with E-state index >= 15 is 0 Å². The molecule has 1 aromatic rings. The van der Waals surface area contributed by atoms with Gasteiger partial charge < -0.3 is 10.5 Å². The van der Waals surface area contributed by atoms with Crippen LogP contribution < -0.4 is 5.73 Å². The molecule has 0 unspecified atom stereocenters. The predicted molar refractivity (Wildman–Crippen MR) is 61.3 cm³/mol. The highest BCUT2D eigenvalue weighted by Crippen LogP contribution is 2.30. The molecule has 0 amide bonds. The van der Waals surface area contributed by atoms with E-state index in [4.69, 9.17) is 10.5 Å². The van der Waals surface area contributed by atoms with E-state index in [9.17, 15) is 4.79 Å². The molecule has 80 valence electrons. The number of rotatable bonds is 3. The molecule has 0 bridgehead atoms. The van der Waals surface area contributed by atoms with Gasteiger partial charge in [0.2, 0.25) is 0 Å². The van der Waals surface area contributed by atoms with E-state index in [1.807, 2.05) is 12.1 Å². The Morgan fingerprint density at radius 1 is 1.53 bits per heavy atom. The minimum absolute atomic E-state index is 0.0137. The summed E-state index contributed by atoms with van der Waals surface area (Å²) in [5.74, 6) is 0.0137. The average molecular weight is 223 g/mol. The normalized spacial score (nSPS) is 16.1. The molecule has 1 heterocycles. The lowest BCUT2D eigenvalue weighted by Gasteiger charge is -2.25.